The molecule has 0 radical (unpaired) electrons. The van der Waals surface area contributed by atoms with E-state index in [9.17, 15) is 19.5 Å². The van der Waals surface area contributed by atoms with Crippen LogP contribution in [0.1, 0.15) is 34.8 Å². The van der Waals surface area contributed by atoms with Gasteiger partial charge in [0.15, 0.2) is 0 Å². The van der Waals surface area contributed by atoms with Crippen molar-refractivity contribution in [2.75, 3.05) is 6.61 Å². The van der Waals surface area contributed by atoms with E-state index in [1.807, 2.05) is 19.9 Å². The molecule has 1 aromatic rings. The highest BCUT2D eigenvalue weighted by atomic mass is 16.5. The van der Waals surface area contributed by atoms with Crippen LogP contribution in [0, 0.1) is 13.8 Å². The Hall–Kier alpha value is -2.63. The van der Waals surface area contributed by atoms with Crippen LogP contribution in [0.4, 0.5) is 0 Å². The summed E-state index contributed by atoms with van der Waals surface area (Å²) in [7, 11) is 0. The maximum absolute atomic E-state index is 12.2. The summed E-state index contributed by atoms with van der Waals surface area (Å²) in [5.74, 6) is -2.18. The fourth-order valence-electron chi connectivity index (χ4n) is 2.06. The lowest BCUT2D eigenvalue weighted by atomic mass is 10.1. The average Bonchev–Trinajstić information content (AvgIpc) is 2.45. The Labute approximate surface area is 135 Å². The standard InChI is InChI=1S/C17H21NO5/c1-4-23-15(19)7-5-6-14(17(21)22)18-16(20)13-9-11(2)8-12(3)10-13/h5,7-10,14H,4,6H2,1-3H3,(H,18,20)(H,21,22)/b7-5+/t14-/m1/s1. The van der Waals surface area contributed by atoms with Gasteiger partial charge >= 0.3 is 11.9 Å². The number of esters is 1. The summed E-state index contributed by atoms with van der Waals surface area (Å²) in [5, 5.41) is 11.6. The second kappa shape index (κ2) is 8.73. The molecule has 0 bridgehead atoms. The molecule has 0 aliphatic carbocycles. The Morgan fingerprint density at radius 2 is 1.83 bits per heavy atom. The van der Waals surface area contributed by atoms with Crippen LogP contribution in [0.2, 0.25) is 0 Å². The first-order valence-electron chi connectivity index (χ1n) is 7.28. The van der Waals surface area contributed by atoms with Crippen molar-refractivity contribution in [2.24, 2.45) is 0 Å². The molecule has 1 rings (SSSR count). The van der Waals surface area contributed by atoms with E-state index in [2.05, 4.69) is 5.32 Å². The van der Waals surface area contributed by atoms with E-state index in [4.69, 9.17) is 4.74 Å². The molecule has 1 aromatic carbocycles. The summed E-state index contributed by atoms with van der Waals surface area (Å²) in [6, 6.07) is 4.19. The molecular formula is C17H21NO5. The summed E-state index contributed by atoms with van der Waals surface area (Å²) >= 11 is 0. The van der Waals surface area contributed by atoms with Crippen LogP contribution in [0.25, 0.3) is 0 Å². The molecule has 0 heterocycles. The Balaban J connectivity index is 2.73. The first-order valence-corrected chi connectivity index (χ1v) is 7.28. The van der Waals surface area contributed by atoms with Gasteiger partial charge in [-0.15, -0.1) is 0 Å². The van der Waals surface area contributed by atoms with Crippen LogP contribution < -0.4 is 5.32 Å². The number of carbonyl (C=O) groups is 3. The molecule has 1 atom stereocenters. The molecule has 0 saturated carbocycles. The number of ether oxygens (including phenoxy) is 1. The molecule has 0 aliphatic rings. The van der Waals surface area contributed by atoms with E-state index in [0.29, 0.717) is 5.56 Å². The maximum atomic E-state index is 12.2. The molecular weight excluding hydrogens is 298 g/mol. The number of rotatable bonds is 7. The molecule has 6 nitrogen and oxygen atoms in total. The molecule has 0 aromatic heterocycles. The van der Waals surface area contributed by atoms with Crippen molar-refractivity contribution in [3.63, 3.8) is 0 Å². The molecule has 2 N–H and O–H groups in total. The summed E-state index contributed by atoms with van der Waals surface area (Å²) in [6.07, 6.45) is 2.52. The molecule has 124 valence electrons. The van der Waals surface area contributed by atoms with E-state index in [1.165, 1.54) is 6.08 Å². The Kier molecular flexibility index (Phi) is 6.99. The number of amides is 1. The Morgan fingerprint density at radius 3 is 2.35 bits per heavy atom. The zero-order chi connectivity index (χ0) is 17.4. The maximum Gasteiger partial charge on any atom is 0.330 e. The minimum absolute atomic E-state index is 0.00924. The minimum Gasteiger partial charge on any atom is -0.480 e. The number of benzene rings is 1. The highest BCUT2D eigenvalue weighted by molar-refractivity contribution is 5.97. The van der Waals surface area contributed by atoms with Crippen molar-refractivity contribution < 1.29 is 24.2 Å². The van der Waals surface area contributed by atoms with Crippen LogP contribution >= 0.6 is 0 Å². The van der Waals surface area contributed by atoms with Gasteiger partial charge in [0.05, 0.1) is 6.61 Å². The fraction of sp³-hybridized carbons (Fsp3) is 0.353. The summed E-state index contributed by atoms with van der Waals surface area (Å²) in [6.45, 7) is 5.64. The highest BCUT2D eigenvalue weighted by Crippen LogP contribution is 2.09. The SMILES string of the molecule is CCOC(=O)/C=C/C[C@@H](NC(=O)c1cc(C)cc(C)c1)C(=O)O. The molecule has 0 unspecified atom stereocenters. The van der Waals surface area contributed by atoms with E-state index in [-0.39, 0.29) is 13.0 Å². The van der Waals surface area contributed by atoms with Gasteiger partial charge in [-0.05, 0) is 39.3 Å². The summed E-state index contributed by atoms with van der Waals surface area (Å²) < 4.78 is 4.70. The average molecular weight is 319 g/mol. The number of nitrogens with one attached hydrogen (secondary N) is 1. The quantitative estimate of drug-likeness (QED) is 0.592. The van der Waals surface area contributed by atoms with Gasteiger partial charge in [0.1, 0.15) is 6.04 Å². The van der Waals surface area contributed by atoms with Gasteiger partial charge in [-0.3, -0.25) is 4.79 Å². The van der Waals surface area contributed by atoms with Crippen molar-refractivity contribution in [1.29, 1.82) is 0 Å². The lowest BCUT2D eigenvalue weighted by molar-refractivity contribution is -0.139. The number of hydrogen-bond donors (Lipinski definition) is 2. The lowest BCUT2D eigenvalue weighted by Crippen LogP contribution is -2.40. The fourth-order valence-corrected chi connectivity index (χ4v) is 2.06. The zero-order valence-electron chi connectivity index (χ0n) is 13.5. The van der Waals surface area contributed by atoms with Crippen molar-refractivity contribution in [3.05, 3.63) is 47.0 Å². The largest absolute Gasteiger partial charge is 0.480 e. The molecule has 6 heteroatoms. The third-order valence-corrected chi connectivity index (χ3v) is 3.00. The highest BCUT2D eigenvalue weighted by Gasteiger charge is 2.19. The van der Waals surface area contributed by atoms with Gasteiger partial charge in [0.25, 0.3) is 5.91 Å². The number of aryl methyl sites for hydroxylation is 2. The zero-order valence-corrected chi connectivity index (χ0v) is 13.5. The number of hydrogen-bond acceptors (Lipinski definition) is 4. The molecule has 0 fully saturated rings. The van der Waals surface area contributed by atoms with Crippen LogP contribution in [0.3, 0.4) is 0 Å². The topological polar surface area (TPSA) is 92.7 Å². The van der Waals surface area contributed by atoms with Crippen LogP contribution in [-0.4, -0.2) is 35.6 Å². The predicted molar refractivity (Wildman–Crippen MR) is 85.2 cm³/mol. The number of carboxylic acids is 1. The van der Waals surface area contributed by atoms with Gasteiger partial charge < -0.3 is 15.2 Å². The van der Waals surface area contributed by atoms with E-state index in [1.54, 1.807) is 19.1 Å². The van der Waals surface area contributed by atoms with Gasteiger partial charge in [-0.2, -0.15) is 0 Å². The van der Waals surface area contributed by atoms with E-state index >= 15 is 0 Å². The van der Waals surface area contributed by atoms with Crippen molar-refractivity contribution in [2.45, 2.75) is 33.2 Å². The van der Waals surface area contributed by atoms with E-state index < -0.39 is 23.9 Å². The summed E-state index contributed by atoms with van der Waals surface area (Å²) in [4.78, 5) is 34.6. The van der Waals surface area contributed by atoms with Crippen molar-refractivity contribution >= 4 is 17.8 Å². The first kappa shape index (κ1) is 18.4. The van der Waals surface area contributed by atoms with Gasteiger partial charge in [0.2, 0.25) is 0 Å². The number of carbonyl (C=O) groups excluding carboxylic acids is 2. The Bertz CT molecular complexity index is 601. The minimum atomic E-state index is -1.17. The van der Waals surface area contributed by atoms with Crippen molar-refractivity contribution in [1.82, 2.24) is 5.32 Å². The predicted octanol–water partition coefficient (Wildman–Crippen LogP) is 2.00. The van der Waals surface area contributed by atoms with Gasteiger partial charge in [-0.1, -0.05) is 23.3 Å². The van der Waals surface area contributed by atoms with Gasteiger partial charge in [-0.25, -0.2) is 9.59 Å². The van der Waals surface area contributed by atoms with Crippen LogP contribution in [0.15, 0.2) is 30.4 Å². The second-order valence-electron chi connectivity index (χ2n) is 5.13. The smallest absolute Gasteiger partial charge is 0.330 e. The lowest BCUT2D eigenvalue weighted by Gasteiger charge is -2.13. The summed E-state index contributed by atoms with van der Waals surface area (Å²) in [5.41, 5.74) is 2.25. The number of aliphatic carboxylic acids is 1. The third-order valence-electron chi connectivity index (χ3n) is 3.00. The molecule has 0 saturated heterocycles. The first-order chi connectivity index (χ1) is 10.8. The molecule has 23 heavy (non-hydrogen) atoms. The molecule has 1 amide bonds. The van der Waals surface area contributed by atoms with Crippen LogP contribution in [-0.2, 0) is 14.3 Å². The second-order valence-corrected chi connectivity index (χ2v) is 5.13. The monoisotopic (exact) mass is 319 g/mol. The normalized spacial score (nSPS) is 12.0. The van der Waals surface area contributed by atoms with Crippen LogP contribution in [0.5, 0.6) is 0 Å². The van der Waals surface area contributed by atoms with Gasteiger partial charge in [0, 0.05) is 11.6 Å². The number of carboxylic acid groups (broad SMARTS) is 1. The van der Waals surface area contributed by atoms with E-state index in [0.717, 1.165) is 17.2 Å². The molecule has 0 spiro atoms. The van der Waals surface area contributed by atoms with Crippen molar-refractivity contribution in [3.8, 4) is 0 Å². The third kappa shape index (κ3) is 6.34. The molecule has 0 aliphatic heterocycles. The Morgan fingerprint density at radius 1 is 1.22 bits per heavy atom.